The highest BCUT2D eigenvalue weighted by Crippen LogP contribution is 2.13. The molecule has 5 heteroatoms. The van der Waals surface area contributed by atoms with Gasteiger partial charge < -0.3 is 10.2 Å². The third kappa shape index (κ3) is 3.65. The second kappa shape index (κ2) is 5.97. The van der Waals surface area contributed by atoms with E-state index in [2.05, 4.69) is 17.3 Å². The first-order chi connectivity index (χ1) is 8.54. The van der Waals surface area contributed by atoms with E-state index in [0.717, 1.165) is 29.5 Å². The maximum Gasteiger partial charge on any atom is 0.251 e. The lowest BCUT2D eigenvalue weighted by molar-refractivity contribution is 0.0916. The molecule has 98 valence electrons. The van der Waals surface area contributed by atoms with E-state index in [9.17, 15) is 9.18 Å². The van der Waals surface area contributed by atoms with E-state index in [0.29, 0.717) is 5.56 Å². The Morgan fingerprint density at radius 3 is 2.67 bits per heavy atom. The topological polar surface area (TPSA) is 32.3 Å². The number of likely N-dealkylation sites (tertiary alicyclic amines) is 1. The molecule has 0 radical (unpaired) electrons. The van der Waals surface area contributed by atoms with Crippen LogP contribution < -0.4 is 5.32 Å². The molecule has 0 unspecified atom stereocenters. The van der Waals surface area contributed by atoms with Gasteiger partial charge in [0.05, 0.1) is 0 Å². The highest BCUT2D eigenvalue weighted by Gasteiger charge is 2.19. The van der Waals surface area contributed by atoms with Crippen LogP contribution in [0.5, 0.6) is 0 Å². The van der Waals surface area contributed by atoms with Crippen LogP contribution in [0.25, 0.3) is 0 Å². The van der Waals surface area contributed by atoms with Crippen LogP contribution in [0, 0.1) is 9.39 Å². The van der Waals surface area contributed by atoms with Crippen LogP contribution in [0.4, 0.5) is 4.39 Å². The number of piperidine rings is 1. The normalized spacial score (nSPS) is 17.7. The second-order valence-electron chi connectivity index (χ2n) is 4.71. The summed E-state index contributed by atoms with van der Waals surface area (Å²) < 4.78 is 14.0. The fourth-order valence-corrected chi connectivity index (χ4v) is 2.74. The van der Waals surface area contributed by atoms with Gasteiger partial charge in [0.25, 0.3) is 5.91 Å². The number of hydrogen-bond donors (Lipinski definition) is 1. The molecule has 0 spiro atoms. The van der Waals surface area contributed by atoms with Gasteiger partial charge in [0.1, 0.15) is 5.82 Å². The van der Waals surface area contributed by atoms with E-state index in [1.54, 1.807) is 6.07 Å². The Morgan fingerprint density at radius 1 is 1.39 bits per heavy atom. The van der Waals surface area contributed by atoms with Gasteiger partial charge in [-0.15, -0.1) is 0 Å². The van der Waals surface area contributed by atoms with Gasteiger partial charge in [-0.2, -0.15) is 0 Å². The number of nitrogens with one attached hydrogen (secondary N) is 1. The molecule has 1 aliphatic rings. The van der Waals surface area contributed by atoms with Crippen molar-refractivity contribution in [1.82, 2.24) is 10.2 Å². The number of nitrogens with zero attached hydrogens (tertiary/aromatic N) is 1. The van der Waals surface area contributed by atoms with E-state index in [1.165, 1.54) is 12.1 Å². The van der Waals surface area contributed by atoms with E-state index in [1.807, 2.05) is 22.6 Å². The Kier molecular flexibility index (Phi) is 4.55. The van der Waals surface area contributed by atoms with Crippen LogP contribution in [0.3, 0.4) is 0 Å². The number of carbonyl (C=O) groups is 1. The molecule has 18 heavy (non-hydrogen) atoms. The molecule has 2 rings (SSSR count). The van der Waals surface area contributed by atoms with Crippen LogP contribution >= 0.6 is 22.6 Å². The number of halogens is 2. The third-order valence-electron chi connectivity index (χ3n) is 3.18. The summed E-state index contributed by atoms with van der Waals surface area (Å²) >= 11 is 2.01. The third-order valence-corrected chi connectivity index (χ3v) is 3.80. The Balaban J connectivity index is 1.99. The number of rotatable bonds is 2. The van der Waals surface area contributed by atoms with Gasteiger partial charge in [-0.3, -0.25) is 4.79 Å². The molecule has 3 nitrogen and oxygen atoms in total. The van der Waals surface area contributed by atoms with Gasteiger partial charge in [0.2, 0.25) is 0 Å². The standard InChI is InChI=1S/C13H16FIN2O/c1-17-4-2-12(3-5-17)16-13(18)9-6-10(14)8-11(15)7-9/h6-8,12H,2-5H2,1H3,(H,16,18). The van der Waals surface area contributed by atoms with Crippen molar-refractivity contribution >= 4 is 28.5 Å². The molecule has 1 heterocycles. The molecule has 1 amide bonds. The minimum Gasteiger partial charge on any atom is -0.349 e. The SMILES string of the molecule is CN1CCC(NC(=O)c2cc(F)cc(I)c2)CC1. The highest BCUT2D eigenvalue weighted by atomic mass is 127. The van der Waals surface area contributed by atoms with Crippen LogP contribution in [-0.2, 0) is 0 Å². The van der Waals surface area contributed by atoms with Crippen molar-refractivity contribution in [3.8, 4) is 0 Å². The van der Waals surface area contributed by atoms with Crippen molar-refractivity contribution in [2.75, 3.05) is 20.1 Å². The summed E-state index contributed by atoms with van der Waals surface area (Å²) in [6.07, 6.45) is 1.91. The maximum absolute atomic E-state index is 13.2. The summed E-state index contributed by atoms with van der Waals surface area (Å²) in [5.74, 6) is -0.544. The van der Waals surface area contributed by atoms with Crippen LogP contribution in [0.1, 0.15) is 23.2 Å². The fraction of sp³-hybridized carbons (Fsp3) is 0.462. The number of carbonyl (C=O) groups excluding carboxylic acids is 1. The first-order valence-corrected chi connectivity index (χ1v) is 7.08. The molecular formula is C13H16FIN2O. The second-order valence-corrected chi connectivity index (χ2v) is 5.95. The molecule has 0 bridgehead atoms. The molecule has 1 saturated heterocycles. The molecule has 1 fully saturated rings. The lowest BCUT2D eigenvalue weighted by Gasteiger charge is -2.29. The van der Waals surface area contributed by atoms with Crippen molar-refractivity contribution < 1.29 is 9.18 Å². The van der Waals surface area contributed by atoms with Crippen molar-refractivity contribution in [2.45, 2.75) is 18.9 Å². The quantitative estimate of drug-likeness (QED) is 0.819. The summed E-state index contributed by atoms with van der Waals surface area (Å²) in [5, 5.41) is 2.97. The molecule has 0 aliphatic carbocycles. The van der Waals surface area contributed by atoms with Crippen molar-refractivity contribution in [3.63, 3.8) is 0 Å². The summed E-state index contributed by atoms with van der Waals surface area (Å²) in [4.78, 5) is 14.2. The lowest BCUT2D eigenvalue weighted by atomic mass is 10.0. The van der Waals surface area contributed by atoms with Gasteiger partial charge in [0.15, 0.2) is 0 Å². The van der Waals surface area contributed by atoms with Crippen LogP contribution in [-0.4, -0.2) is 37.0 Å². The summed E-state index contributed by atoms with van der Waals surface area (Å²) in [5.41, 5.74) is 0.401. The van der Waals surface area contributed by atoms with E-state index >= 15 is 0 Å². The largest absolute Gasteiger partial charge is 0.349 e. The van der Waals surface area contributed by atoms with Gasteiger partial charge >= 0.3 is 0 Å². The predicted octanol–water partition coefficient (Wildman–Crippen LogP) is 2.25. The molecule has 1 aliphatic heterocycles. The number of benzene rings is 1. The summed E-state index contributed by atoms with van der Waals surface area (Å²) in [6, 6.07) is 4.60. The van der Waals surface area contributed by atoms with E-state index < -0.39 is 0 Å². The van der Waals surface area contributed by atoms with Crippen molar-refractivity contribution in [1.29, 1.82) is 0 Å². The lowest BCUT2D eigenvalue weighted by Crippen LogP contribution is -2.43. The molecule has 1 N–H and O–H groups in total. The zero-order valence-electron chi connectivity index (χ0n) is 10.2. The molecular weight excluding hydrogens is 346 g/mol. The molecule has 0 atom stereocenters. The van der Waals surface area contributed by atoms with E-state index in [-0.39, 0.29) is 17.8 Å². The minimum atomic E-state index is -0.365. The zero-order chi connectivity index (χ0) is 13.1. The molecule has 1 aromatic rings. The number of hydrogen-bond acceptors (Lipinski definition) is 2. The average Bonchev–Trinajstić information content (AvgIpc) is 2.31. The molecule has 0 saturated carbocycles. The minimum absolute atomic E-state index is 0.179. The Morgan fingerprint density at radius 2 is 2.06 bits per heavy atom. The van der Waals surface area contributed by atoms with Crippen molar-refractivity contribution in [2.24, 2.45) is 0 Å². The zero-order valence-corrected chi connectivity index (χ0v) is 12.4. The maximum atomic E-state index is 13.2. The average molecular weight is 362 g/mol. The first kappa shape index (κ1) is 13.7. The van der Waals surface area contributed by atoms with Crippen molar-refractivity contribution in [3.05, 3.63) is 33.1 Å². The smallest absolute Gasteiger partial charge is 0.251 e. The highest BCUT2D eigenvalue weighted by molar-refractivity contribution is 14.1. The monoisotopic (exact) mass is 362 g/mol. The Bertz CT molecular complexity index is 424. The predicted molar refractivity (Wildman–Crippen MR) is 77.1 cm³/mol. The van der Waals surface area contributed by atoms with Crippen LogP contribution in [0.15, 0.2) is 18.2 Å². The first-order valence-electron chi connectivity index (χ1n) is 6.00. The van der Waals surface area contributed by atoms with Gasteiger partial charge in [0, 0.05) is 15.2 Å². The molecule has 0 aromatic heterocycles. The summed E-state index contributed by atoms with van der Waals surface area (Å²) in [6.45, 7) is 1.98. The van der Waals surface area contributed by atoms with Gasteiger partial charge in [-0.25, -0.2) is 4.39 Å². The molecule has 1 aromatic carbocycles. The fourth-order valence-electron chi connectivity index (χ4n) is 2.11. The Labute approximate surface area is 120 Å². The van der Waals surface area contributed by atoms with Gasteiger partial charge in [-0.05, 0) is 73.8 Å². The van der Waals surface area contributed by atoms with Gasteiger partial charge in [-0.1, -0.05) is 0 Å². The Hall–Kier alpha value is -0.690. The van der Waals surface area contributed by atoms with E-state index in [4.69, 9.17) is 0 Å². The van der Waals surface area contributed by atoms with Crippen LogP contribution in [0.2, 0.25) is 0 Å². The summed E-state index contributed by atoms with van der Waals surface area (Å²) in [7, 11) is 2.08. The number of amides is 1.